The molecular weight excluding hydrogens is 314 g/mol. The zero-order valence-corrected chi connectivity index (χ0v) is 13.8. The van der Waals surface area contributed by atoms with Crippen molar-refractivity contribution in [2.75, 3.05) is 0 Å². The Hall–Kier alpha value is -2.40. The molecule has 3 rings (SSSR count). The molecule has 118 valence electrons. The Morgan fingerprint density at radius 3 is 2.57 bits per heavy atom. The molecule has 2 heterocycles. The molecule has 0 aliphatic carbocycles. The Balaban J connectivity index is 2.40. The van der Waals surface area contributed by atoms with Crippen LogP contribution in [0.1, 0.15) is 19.5 Å². The van der Waals surface area contributed by atoms with Crippen LogP contribution in [0.5, 0.6) is 5.88 Å². The number of pyridine rings is 1. The normalized spacial score (nSPS) is 11.2. The van der Waals surface area contributed by atoms with Gasteiger partial charge in [-0.05, 0) is 45.0 Å². The minimum Gasteiger partial charge on any atom is -0.474 e. The molecule has 1 aromatic carbocycles. The van der Waals surface area contributed by atoms with E-state index in [1.807, 2.05) is 39.0 Å². The highest BCUT2D eigenvalue weighted by Gasteiger charge is 2.16. The van der Waals surface area contributed by atoms with Crippen LogP contribution in [0.25, 0.3) is 16.7 Å². The minimum atomic E-state index is -0.473. The second-order valence-electron chi connectivity index (χ2n) is 5.48. The van der Waals surface area contributed by atoms with Gasteiger partial charge in [0.25, 0.3) is 0 Å². The van der Waals surface area contributed by atoms with Crippen LogP contribution in [0.2, 0.25) is 5.02 Å². The summed E-state index contributed by atoms with van der Waals surface area (Å²) in [6, 6.07) is 10.8. The second kappa shape index (κ2) is 6.01. The number of benzene rings is 1. The third-order valence-electron chi connectivity index (χ3n) is 3.29. The van der Waals surface area contributed by atoms with Crippen molar-refractivity contribution in [2.45, 2.75) is 26.9 Å². The quantitative estimate of drug-likeness (QED) is 0.737. The van der Waals surface area contributed by atoms with Crippen LogP contribution >= 0.6 is 11.6 Å². The molecule has 0 aliphatic heterocycles. The van der Waals surface area contributed by atoms with Gasteiger partial charge in [-0.2, -0.15) is 4.98 Å². The fraction of sp³-hybridized carbons (Fsp3) is 0.235. The molecule has 0 atom stereocenters. The van der Waals surface area contributed by atoms with Crippen molar-refractivity contribution in [3.63, 3.8) is 0 Å². The molecule has 2 aromatic heterocycles. The average Bonchev–Trinajstić information content (AvgIpc) is 2.48. The van der Waals surface area contributed by atoms with Gasteiger partial charge in [0.1, 0.15) is 0 Å². The van der Waals surface area contributed by atoms with E-state index in [0.29, 0.717) is 21.7 Å². The van der Waals surface area contributed by atoms with Crippen molar-refractivity contribution in [1.29, 1.82) is 0 Å². The summed E-state index contributed by atoms with van der Waals surface area (Å²) in [7, 11) is 0. The van der Waals surface area contributed by atoms with Gasteiger partial charge in [-0.15, -0.1) is 0 Å². The van der Waals surface area contributed by atoms with E-state index in [-0.39, 0.29) is 12.0 Å². The van der Waals surface area contributed by atoms with Gasteiger partial charge in [-0.1, -0.05) is 23.7 Å². The molecule has 0 N–H and O–H groups in total. The molecule has 0 bridgehead atoms. The molecule has 0 saturated heterocycles. The zero-order chi connectivity index (χ0) is 16.6. The Bertz CT molecular complexity index is 935. The van der Waals surface area contributed by atoms with E-state index < -0.39 is 5.69 Å². The van der Waals surface area contributed by atoms with Crippen LogP contribution in [0.4, 0.5) is 0 Å². The van der Waals surface area contributed by atoms with Gasteiger partial charge in [0, 0.05) is 5.69 Å². The summed E-state index contributed by atoms with van der Waals surface area (Å²) in [5.74, 6) is 0.288. The lowest BCUT2D eigenvalue weighted by molar-refractivity contribution is 0.235. The van der Waals surface area contributed by atoms with Crippen molar-refractivity contribution in [1.82, 2.24) is 14.5 Å². The largest absolute Gasteiger partial charge is 0.474 e. The van der Waals surface area contributed by atoms with Crippen molar-refractivity contribution in [3.05, 3.63) is 57.6 Å². The highest BCUT2D eigenvalue weighted by molar-refractivity contribution is 6.32. The first-order valence-electron chi connectivity index (χ1n) is 7.29. The van der Waals surface area contributed by atoms with Gasteiger partial charge in [-0.3, -0.25) is 0 Å². The molecular formula is C17H16ClN3O2. The minimum absolute atomic E-state index is 0.0948. The van der Waals surface area contributed by atoms with E-state index in [1.54, 1.807) is 18.2 Å². The number of nitrogens with zero attached hydrogens (tertiary/aromatic N) is 3. The zero-order valence-electron chi connectivity index (χ0n) is 13.1. The molecule has 0 aliphatic rings. The molecule has 23 heavy (non-hydrogen) atoms. The predicted octanol–water partition coefficient (Wildman–Crippen LogP) is 3.53. The van der Waals surface area contributed by atoms with Crippen LogP contribution in [0.3, 0.4) is 0 Å². The summed E-state index contributed by atoms with van der Waals surface area (Å²) < 4.78 is 7.09. The molecule has 3 aromatic rings. The van der Waals surface area contributed by atoms with Gasteiger partial charge >= 0.3 is 5.69 Å². The average molecular weight is 330 g/mol. The third kappa shape index (κ3) is 2.92. The summed E-state index contributed by atoms with van der Waals surface area (Å²) in [6.45, 7) is 5.63. The van der Waals surface area contributed by atoms with Crippen LogP contribution in [0.15, 0.2) is 41.2 Å². The Morgan fingerprint density at radius 1 is 1.13 bits per heavy atom. The monoisotopic (exact) mass is 329 g/mol. The van der Waals surface area contributed by atoms with Gasteiger partial charge in [0.15, 0.2) is 5.65 Å². The van der Waals surface area contributed by atoms with E-state index in [1.165, 1.54) is 4.57 Å². The lowest BCUT2D eigenvalue weighted by Gasteiger charge is -2.15. The summed E-state index contributed by atoms with van der Waals surface area (Å²) in [5.41, 5.74) is 1.35. The number of aryl methyl sites for hydroxylation is 1. The number of fused-ring (bicyclic) bond motifs is 1. The Kier molecular flexibility index (Phi) is 4.05. The summed E-state index contributed by atoms with van der Waals surface area (Å²) in [6.07, 6.45) is -0.0948. The maximum atomic E-state index is 12.6. The lowest BCUT2D eigenvalue weighted by Crippen LogP contribution is -2.24. The van der Waals surface area contributed by atoms with E-state index in [2.05, 4.69) is 9.97 Å². The van der Waals surface area contributed by atoms with E-state index in [9.17, 15) is 4.79 Å². The second-order valence-corrected chi connectivity index (χ2v) is 5.88. The lowest BCUT2D eigenvalue weighted by atomic mass is 10.2. The number of para-hydroxylation sites is 1. The standard InChI is InChI=1S/C17H16ClN3O2/c1-10(2)23-16-12-9-8-11(3)19-15(12)21(17(22)20-16)14-7-5-4-6-13(14)18/h4-10H,1-3H3. The van der Waals surface area contributed by atoms with E-state index >= 15 is 0 Å². The Labute approximate surface area is 138 Å². The first-order valence-corrected chi connectivity index (χ1v) is 7.67. The first kappa shape index (κ1) is 15.5. The van der Waals surface area contributed by atoms with E-state index in [0.717, 1.165) is 5.69 Å². The van der Waals surface area contributed by atoms with Crippen LogP contribution in [-0.4, -0.2) is 20.6 Å². The third-order valence-corrected chi connectivity index (χ3v) is 3.61. The molecule has 0 unspecified atom stereocenters. The smallest absolute Gasteiger partial charge is 0.357 e. The summed E-state index contributed by atoms with van der Waals surface area (Å²) >= 11 is 6.25. The van der Waals surface area contributed by atoms with Gasteiger partial charge in [-0.25, -0.2) is 14.3 Å². The van der Waals surface area contributed by atoms with Gasteiger partial charge in [0.05, 0.1) is 22.2 Å². The maximum absolute atomic E-state index is 12.6. The molecule has 5 nitrogen and oxygen atoms in total. The fourth-order valence-electron chi connectivity index (χ4n) is 2.33. The Morgan fingerprint density at radius 2 is 1.87 bits per heavy atom. The molecule has 0 fully saturated rings. The van der Waals surface area contributed by atoms with Crippen LogP contribution in [-0.2, 0) is 0 Å². The number of ether oxygens (including phenoxy) is 1. The topological polar surface area (TPSA) is 57.0 Å². The first-order chi connectivity index (χ1) is 11.0. The van der Waals surface area contributed by atoms with Gasteiger partial charge < -0.3 is 4.74 Å². The number of rotatable bonds is 3. The molecule has 0 amide bonds. The molecule has 0 spiro atoms. The highest BCUT2D eigenvalue weighted by atomic mass is 35.5. The highest BCUT2D eigenvalue weighted by Crippen LogP contribution is 2.26. The maximum Gasteiger partial charge on any atom is 0.357 e. The van der Waals surface area contributed by atoms with Crippen molar-refractivity contribution < 1.29 is 4.74 Å². The SMILES string of the molecule is Cc1ccc2c(OC(C)C)nc(=O)n(-c3ccccc3Cl)c2n1. The van der Waals surface area contributed by atoms with Gasteiger partial charge in [0.2, 0.25) is 5.88 Å². The van der Waals surface area contributed by atoms with Crippen molar-refractivity contribution in [2.24, 2.45) is 0 Å². The van der Waals surface area contributed by atoms with Crippen LogP contribution in [0, 0.1) is 6.92 Å². The molecule has 0 saturated carbocycles. The number of hydrogen-bond donors (Lipinski definition) is 0. The predicted molar refractivity (Wildman–Crippen MR) is 90.6 cm³/mol. The van der Waals surface area contributed by atoms with Crippen LogP contribution < -0.4 is 10.4 Å². The number of aromatic nitrogens is 3. The molecule has 0 radical (unpaired) electrons. The van der Waals surface area contributed by atoms with Crippen molar-refractivity contribution >= 4 is 22.6 Å². The number of halogens is 1. The summed E-state index contributed by atoms with van der Waals surface area (Å²) in [4.78, 5) is 21.2. The van der Waals surface area contributed by atoms with Crippen molar-refractivity contribution in [3.8, 4) is 11.6 Å². The van der Waals surface area contributed by atoms with E-state index in [4.69, 9.17) is 16.3 Å². The number of hydrogen-bond acceptors (Lipinski definition) is 4. The molecule has 6 heteroatoms. The fourth-order valence-corrected chi connectivity index (χ4v) is 2.55. The summed E-state index contributed by atoms with van der Waals surface area (Å²) in [5, 5.41) is 1.13.